The third-order valence-corrected chi connectivity index (χ3v) is 15.8. The van der Waals surface area contributed by atoms with Gasteiger partial charge in [-0.05, 0) is 85.8 Å². The van der Waals surface area contributed by atoms with E-state index in [1.165, 1.54) is 0 Å². The zero-order chi connectivity index (χ0) is 36.7. The largest absolute Gasteiger partial charge is 0.497 e. The van der Waals surface area contributed by atoms with E-state index in [0.29, 0.717) is 37.4 Å². The molecule has 3 fully saturated rings. The molecule has 2 bridgehead atoms. The molecule has 6 aliphatic carbocycles. The van der Waals surface area contributed by atoms with E-state index in [0.717, 1.165) is 58.2 Å². The molecule has 1 heterocycles. The van der Waals surface area contributed by atoms with Gasteiger partial charge >= 0.3 is 0 Å². The third kappa shape index (κ3) is 5.13. The molecule has 0 saturated heterocycles. The Bertz CT molecular complexity index is 1910. The molecule has 278 valence electrons. The lowest BCUT2D eigenvalue weighted by Crippen LogP contribution is -2.67. The molecular weight excluding hydrogens is 675 g/mol. The van der Waals surface area contributed by atoms with Crippen molar-refractivity contribution >= 4 is 27.2 Å². The minimum absolute atomic E-state index is 0.00620. The van der Waals surface area contributed by atoms with E-state index in [4.69, 9.17) is 9.47 Å². The zero-order valence-corrected chi connectivity index (χ0v) is 31.6. The fourth-order valence-corrected chi connectivity index (χ4v) is 13.0. The Labute approximate surface area is 310 Å². The number of rotatable bonds is 11. The number of carbonyl (C=O) groups is 1. The number of aliphatic hydroxyl groups is 4. The number of benzene rings is 2. The van der Waals surface area contributed by atoms with Crippen LogP contribution in [0.1, 0.15) is 74.0 Å². The van der Waals surface area contributed by atoms with Gasteiger partial charge in [0.15, 0.2) is 5.78 Å². The van der Waals surface area contributed by atoms with Crippen LogP contribution in [0, 0.1) is 33.5 Å². The highest BCUT2D eigenvalue weighted by Crippen LogP contribution is 2.78. The van der Waals surface area contributed by atoms with Crippen LogP contribution >= 0.6 is 11.3 Å². The van der Waals surface area contributed by atoms with E-state index in [1.54, 1.807) is 25.6 Å². The maximum atomic E-state index is 15.1. The van der Waals surface area contributed by atoms with Crippen LogP contribution < -0.4 is 9.47 Å². The molecule has 4 N–H and O–H groups in total. The summed E-state index contributed by atoms with van der Waals surface area (Å²) < 4.78 is 12.2. The van der Waals surface area contributed by atoms with Crippen molar-refractivity contribution in [2.45, 2.75) is 83.1 Å². The van der Waals surface area contributed by atoms with E-state index in [1.807, 2.05) is 41.3 Å². The minimum atomic E-state index is -1.12. The average Bonchev–Trinajstić information content (AvgIpc) is 3.69. The molecule has 0 aliphatic heterocycles. The van der Waals surface area contributed by atoms with Crippen LogP contribution in [0.25, 0.3) is 10.1 Å². The summed E-state index contributed by atoms with van der Waals surface area (Å²) in [7, 11) is 3.23. The highest BCUT2D eigenvalue weighted by Gasteiger charge is 2.74. The average molecular weight is 728 g/mol. The predicted octanol–water partition coefficient (Wildman–Crippen LogP) is 6.55. The number of ether oxygens (including phenoxy) is 2. The van der Waals surface area contributed by atoms with Gasteiger partial charge in [-0.3, -0.25) is 9.69 Å². The smallest absolute Gasteiger partial charge is 0.199 e. The Morgan fingerprint density at radius 2 is 1.73 bits per heavy atom. The molecule has 2 aromatic carbocycles. The van der Waals surface area contributed by atoms with Gasteiger partial charge in [0.05, 0.1) is 43.5 Å². The third-order valence-electron chi connectivity index (χ3n) is 14.7. The van der Waals surface area contributed by atoms with Crippen LogP contribution in [-0.2, 0) is 6.54 Å². The second-order valence-electron chi connectivity index (χ2n) is 17.0. The molecule has 3 aromatic rings. The second-order valence-corrected chi connectivity index (χ2v) is 18.1. The summed E-state index contributed by atoms with van der Waals surface area (Å²) >= 11 is 1.55. The highest BCUT2D eigenvalue weighted by molar-refractivity contribution is 7.21. The first kappa shape index (κ1) is 36.0. The summed E-state index contributed by atoms with van der Waals surface area (Å²) in [6.45, 7) is 5.15. The number of ketones is 1. The van der Waals surface area contributed by atoms with Crippen LogP contribution in [0.3, 0.4) is 0 Å². The molecule has 1 unspecified atom stereocenters. The summed E-state index contributed by atoms with van der Waals surface area (Å²) in [5.41, 5.74) is -0.981. The quantitative estimate of drug-likeness (QED) is 0.130. The van der Waals surface area contributed by atoms with Gasteiger partial charge in [0.25, 0.3) is 0 Å². The maximum Gasteiger partial charge on any atom is 0.199 e. The predicted molar refractivity (Wildman–Crippen MR) is 203 cm³/mol. The SMILES string of the molecule is COc1ccc(CN(C[C@H](O)CO)C[C@]2(O)CC[C@H]3[C@]45C=C[C@@]6(C=C4C(=O)c4cc7ccccc7s4)CC(O)CC[C@]6(C)[C@H]5CC[C@@]32C)c(OC)c1. The first-order valence-corrected chi connectivity index (χ1v) is 19.8. The van der Waals surface area contributed by atoms with Gasteiger partial charge in [-0.15, -0.1) is 11.3 Å². The lowest BCUT2D eigenvalue weighted by Gasteiger charge is -2.71. The van der Waals surface area contributed by atoms with Crippen molar-refractivity contribution < 1.29 is 34.7 Å². The zero-order valence-electron chi connectivity index (χ0n) is 30.8. The summed E-state index contributed by atoms with van der Waals surface area (Å²) in [5.74, 6) is 1.62. The van der Waals surface area contributed by atoms with Crippen LogP contribution in [0.5, 0.6) is 11.5 Å². The van der Waals surface area contributed by atoms with Gasteiger partial charge in [-0.2, -0.15) is 0 Å². The molecule has 52 heavy (non-hydrogen) atoms. The molecule has 2 spiro atoms. The first-order chi connectivity index (χ1) is 24.8. The summed E-state index contributed by atoms with van der Waals surface area (Å²) in [4.78, 5) is 17.9. The van der Waals surface area contributed by atoms with E-state index in [9.17, 15) is 20.4 Å². The van der Waals surface area contributed by atoms with Crippen LogP contribution in [-0.4, -0.2) is 82.8 Å². The Balaban J connectivity index is 1.19. The first-order valence-electron chi connectivity index (χ1n) is 18.9. The number of thiophene rings is 1. The number of aliphatic hydroxyl groups excluding tert-OH is 3. The van der Waals surface area contributed by atoms with Gasteiger partial charge in [0, 0.05) is 57.8 Å². The van der Waals surface area contributed by atoms with Crippen LogP contribution in [0.15, 0.2) is 72.3 Å². The lowest BCUT2D eigenvalue weighted by molar-refractivity contribution is -0.177. The van der Waals surface area contributed by atoms with E-state index >= 15 is 4.79 Å². The molecule has 1 aromatic heterocycles. The minimum Gasteiger partial charge on any atom is -0.497 e. The van der Waals surface area contributed by atoms with Gasteiger partial charge in [0.2, 0.25) is 0 Å². The molecule has 9 atom stereocenters. The number of methoxy groups -OCH3 is 2. The van der Waals surface area contributed by atoms with Crippen LogP contribution in [0.2, 0.25) is 0 Å². The number of nitrogens with zero attached hydrogens (tertiary/aromatic N) is 1. The standard InChI is InChI=1S/C43H53NO7S/c1-39-14-11-29(46)21-41(39)17-18-43(32(22-41)38(48)35-19-27-7-5-6-8-34(27)52-35)36(39)12-15-40(2)37(43)13-16-42(40,49)26-44(24-30(47)25-45)23-28-9-10-31(50-3)20-33(28)51-4/h5-10,17-20,22,29-30,36-37,45-47,49H,11-16,21,23-26H2,1-4H3/t29?,30-,36+,37+,39+,40-,41-,42+,43+/m0/s1. The molecule has 9 heteroatoms. The van der Waals surface area contributed by atoms with E-state index in [-0.39, 0.29) is 36.2 Å². The van der Waals surface area contributed by atoms with Crippen LogP contribution in [0.4, 0.5) is 0 Å². The summed E-state index contributed by atoms with van der Waals surface area (Å²) in [6.07, 6.45) is 10.9. The Kier molecular flexibility index (Phi) is 8.83. The number of allylic oxidation sites excluding steroid dienone is 4. The Morgan fingerprint density at radius 1 is 0.981 bits per heavy atom. The molecule has 0 amide bonds. The van der Waals surface area contributed by atoms with E-state index < -0.39 is 34.1 Å². The molecule has 9 rings (SSSR count). The molecule has 3 saturated carbocycles. The van der Waals surface area contributed by atoms with Crippen molar-refractivity contribution in [1.82, 2.24) is 4.90 Å². The van der Waals surface area contributed by atoms with Crippen molar-refractivity contribution in [3.8, 4) is 11.5 Å². The van der Waals surface area contributed by atoms with Gasteiger partial charge < -0.3 is 29.9 Å². The van der Waals surface area contributed by atoms with Gasteiger partial charge in [-0.1, -0.05) is 56.3 Å². The normalized spacial score (nSPS) is 36.6. The van der Waals surface area contributed by atoms with Crippen molar-refractivity contribution in [3.63, 3.8) is 0 Å². The summed E-state index contributed by atoms with van der Waals surface area (Å²) in [6, 6.07) is 15.9. The molecule has 6 aliphatic rings. The van der Waals surface area contributed by atoms with Crippen molar-refractivity contribution in [3.05, 3.63) is 82.8 Å². The molecule has 8 nitrogen and oxygen atoms in total. The van der Waals surface area contributed by atoms with Gasteiger partial charge in [0.1, 0.15) is 11.5 Å². The highest BCUT2D eigenvalue weighted by atomic mass is 32.1. The Hall–Kier alpha value is -3.05. The summed E-state index contributed by atoms with van der Waals surface area (Å²) in [5, 5.41) is 45.8. The molecule has 0 radical (unpaired) electrons. The van der Waals surface area contributed by atoms with E-state index in [2.05, 4.69) is 44.2 Å². The van der Waals surface area contributed by atoms with Crippen molar-refractivity contribution in [2.75, 3.05) is 33.9 Å². The number of Topliss-reactive ketones (excluding diaryl/α,β-unsaturated/α-hetero) is 1. The second kappa shape index (κ2) is 12.8. The monoisotopic (exact) mass is 727 g/mol. The lowest BCUT2D eigenvalue weighted by atomic mass is 9.32. The molecular formula is C43H53NO7S. The fourth-order valence-electron chi connectivity index (χ4n) is 12.0. The topological polar surface area (TPSA) is 120 Å². The maximum absolute atomic E-state index is 15.1. The number of hydrogen-bond donors (Lipinski definition) is 4. The number of carbonyl (C=O) groups excluding carboxylic acids is 1. The van der Waals surface area contributed by atoms with Crippen molar-refractivity contribution in [2.24, 2.45) is 33.5 Å². The number of fused-ring (bicyclic) bond motifs is 2. The fraction of sp³-hybridized carbons (Fsp3) is 0.558. The Morgan fingerprint density at radius 3 is 2.48 bits per heavy atom. The van der Waals surface area contributed by atoms with Crippen molar-refractivity contribution in [1.29, 1.82) is 0 Å². The number of hydrogen-bond acceptors (Lipinski definition) is 9. The van der Waals surface area contributed by atoms with Gasteiger partial charge in [-0.25, -0.2) is 0 Å².